The van der Waals surface area contributed by atoms with Gasteiger partial charge in [-0.1, -0.05) is 19.1 Å². The van der Waals surface area contributed by atoms with Crippen molar-refractivity contribution in [2.24, 2.45) is 0 Å². The fourth-order valence-corrected chi connectivity index (χ4v) is 4.39. The summed E-state index contributed by atoms with van der Waals surface area (Å²) >= 11 is 0. The van der Waals surface area contributed by atoms with E-state index in [0.29, 0.717) is 0 Å². The summed E-state index contributed by atoms with van der Waals surface area (Å²) in [6.45, 7) is 0.399. The van der Waals surface area contributed by atoms with Crippen molar-refractivity contribution in [3.8, 4) is 0 Å². The predicted molar refractivity (Wildman–Crippen MR) is 90.5 cm³/mol. The summed E-state index contributed by atoms with van der Waals surface area (Å²) in [5.41, 5.74) is -1.04. The van der Waals surface area contributed by atoms with Crippen molar-refractivity contribution in [2.45, 2.75) is 30.3 Å². The van der Waals surface area contributed by atoms with Crippen molar-refractivity contribution in [3.05, 3.63) is 53.6 Å². The average molecular weight is 471 g/mol. The Morgan fingerprint density at radius 1 is 1.00 bits per heavy atom. The van der Waals surface area contributed by atoms with E-state index in [9.17, 15) is 39.2 Å². The molecule has 15 heteroatoms. The van der Waals surface area contributed by atoms with Gasteiger partial charge in [0.15, 0.2) is 10.7 Å². The molecule has 7 nitrogen and oxygen atoms in total. The van der Waals surface area contributed by atoms with Crippen LogP contribution in [0.1, 0.15) is 24.4 Å². The van der Waals surface area contributed by atoms with Crippen LogP contribution >= 0.6 is 0 Å². The lowest BCUT2D eigenvalue weighted by Crippen LogP contribution is -2.42. The molecule has 1 aromatic carbocycles. The summed E-state index contributed by atoms with van der Waals surface area (Å²) in [5.74, 6) is -2.48. The highest BCUT2D eigenvalue weighted by Crippen LogP contribution is 2.40. The molecule has 31 heavy (non-hydrogen) atoms. The molecule has 0 fully saturated rings. The fraction of sp³-hybridized carbons (Fsp3) is 0.312. The van der Waals surface area contributed by atoms with Gasteiger partial charge >= 0.3 is 12.4 Å². The average Bonchev–Trinajstić information content (AvgIpc) is 3.09. The van der Waals surface area contributed by atoms with E-state index in [1.807, 2.05) is 0 Å². The van der Waals surface area contributed by atoms with Crippen LogP contribution in [-0.4, -0.2) is 45.3 Å². The molecule has 1 unspecified atom stereocenters. The standard InChI is InChI=1S/C16H12F7N5O2S/c1-2-27(13(15(18,19)20)9-3-5-10(17)6-4-9)31(29,30)12-8-7-11-24-25-14(16(21,22)23)28(11)26-12/h3-8,13H,2H2,1H3. The van der Waals surface area contributed by atoms with E-state index >= 15 is 0 Å². The summed E-state index contributed by atoms with van der Waals surface area (Å²) in [4.78, 5) is 0. The number of alkyl halides is 6. The summed E-state index contributed by atoms with van der Waals surface area (Å²) in [6.07, 6.45) is -10.2. The van der Waals surface area contributed by atoms with Crippen molar-refractivity contribution in [1.29, 1.82) is 0 Å². The van der Waals surface area contributed by atoms with Gasteiger partial charge in [0, 0.05) is 6.54 Å². The third-order valence-electron chi connectivity index (χ3n) is 4.16. The molecule has 0 bridgehead atoms. The Kier molecular flexibility index (Phi) is 5.69. The second kappa shape index (κ2) is 7.71. The number of hydrogen-bond donors (Lipinski definition) is 0. The zero-order valence-electron chi connectivity index (χ0n) is 15.4. The number of benzene rings is 1. The lowest BCUT2D eigenvalue weighted by Gasteiger charge is -2.31. The maximum absolute atomic E-state index is 13.8. The number of aromatic nitrogens is 4. The third kappa shape index (κ3) is 4.32. The third-order valence-corrected chi connectivity index (χ3v) is 5.99. The predicted octanol–water partition coefficient (Wildman–Crippen LogP) is 3.60. The van der Waals surface area contributed by atoms with E-state index in [4.69, 9.17) is 0 Å². The molecule has 0 amide bonds. The maximum Gasteiger partial charge on any atom is 0.453 e. The number of halogens is 7. The number of rotatable bonds is 5. The first kappa shape index (κ1) is 22.9. The van der Waals surface area contributed by atoms with Crippen LogP contribution in [-0.2, 0) is 16.2 Å². The largest absolute Gasteiger partial charge is 0.453 e. The van der Waals surface area contributed by atoms with E-state index in [1.54, 1.807) is 0 Å². The molecular formula is C16H12F7N5O2S. The minimum atomic E-state index is -5.13. The molecule has 3 rings (SSSR count). The van der Waals surface area contributed by atoms with Gasteiger partial charge in [-0.15, -0.1) is 10.2 Å². The quantitative estimate of drug-likeness (QED) is 0.532. The van der Waals surface area contributed by atoms with Crippen LogP contribution in [0.4, 0.5) is 30.7 Å². The van der Waals surface area contributed by atoms with Crippen molar-refractivity contribution < 1.29 is 39.2 Å². The fourth-order valence-electron chi connectivity index (χ4n) is 2.86. The molecule has 0 radical (unpaired) electrons. The molecule has 3 aromatic rings. The Bertz CT molecular complexity index is 1190. The first-order valence-electron chi connectivity index (χ1n) is 8.40. The van der Waals surface area contributed by atoms with E-state index < -0.39 is 62.8 Å². The van der Waals surface area contributed by atoms with Gasteiger partial charge in [0.25, 0.3) is 15.8 Å². The van der Waals surface area contributed by atoms with Crippen molar-refractivity contribution >= 4 is 15.7 Å². The van der Waals surface area contributed by atoms with Crippen LogP contribution in [0.5, 0.6) is 0 Å². The Morgan fingerprint density at radius 3 is 2.13 bits per heavy atom. The molecule has 0 aliphatic heterocycles. The molecule has 0 aliphatic rings. The molecule has 168 valence electrons. The van der Waals surface area contributed by atoms with Gasteiger partial charge in [-0.05, 0) is 29.8 Å². The molecule has 0 N–H and O–H groups in total. The lowest BCUT2D eigenvalue weighted by molar-refractivity contribution is -0.173. The van der Waals surface area contributed by atoms with Crippen molar-refractivity contribution in [2.75, 3.05) is 6.54 Å². The van der Waals surface area contributed by atoms with Gasteiger partial charge in [0.1, 0.15) is 11.9 Å². The van der Waals surface area contributed by atoms with Crippen LogP contribution in [0.25, 0.3) is 5.65 Å². The monoisotopic (exact) mass is 471 g/mol. The first-order chi connectivity index (χ1) is 14.3. The Balaban J connectivity index is 2.16. The number of nitrogens with zero attached hydrogens (tertiary/aromatic N) is 5. The maximum atomic E-state index is 13.8. The second-order valence-corrected chi connectivity index (χ2v) is 8.00. The number of sulfonamides is 1. The Hall–Kier alpha value is -2.81. The van der Waals surface area contributed by atoms with Gasteiger partial charge in [0.2, 0.25) is 0 Å². The van der Waals surface area contributed by atoms with Gasteiger partial charge in [-0.2, -0.15) is 40.3 Å². The molecule has 0 saturated heterocycles. The van der Waals surface area contributed by atoms with Gasteiger partial charge < -0.3 is 0 Å². The zero-order chi connectivity index (χ0) is 23.2. The summed E-state index contributed by atoms with van der Waals surface area (Å²) in [6, 6.07) is 1.81. The number of fused-ring (bicyclic) bond motifs is 1. The van der Waals surface area contributed by atoms with Gasteiger partial charge in [-0.3, -0.25) is 0 Å². The first-order valence-corrected chi connectivity index (χ1v) is 9.84. The minimum Gasteiger partial charge on any atom is -0.207 e. The minimum absolute atomic E-state index is 0.0199. The Labute approximate surface area is 170 Å². The van der Waals surface area contributed by atoms with Crippen LogP contribution in [0.3, 0.4) is 0 Å². The topological polar surface area (TPSA) is 80.5 Å². The van der Waals surface area contributed by atoms with Crippen molar-refractivity contribution in [1.82, 2.24) is 24.1 Å². The smallest absolute Gasteiger partial charge is 0.207 e. The van der Waals surface area contributed by atoms with E-state index in [1.165, 1.54) is 0 Å². The summed E-state index contributed by atoms with van der Waals surface area (Å²) < 4.78 is 120. The summed E-state index contributed by atoms with van der Waals surface area (Å²) in [5, 5.41) is 8.35. The molecule has 2 aromatic heterocycles. The molecule has 1 atom stereocenters. The van der Waals surface area contributed by atoms with Crippen LogP contribution < -0.4 is 0 Å². The van der Waals surface area contributed by atoms with Crippen molar-refractivity contribution in [3.63, 3.8) is 0 Å². The summed E-state index contributed by atoms with van der Waals surface area (Å²) in [7, 11) is -5.06. The highest BCUT2D eigenvalue weighted by molar-refractivity contribution is 7.89. The van der Waals surface area contributed by atoms with Gasteiger partial charge in [-0.25, -0.2) is 12.8 Å². The molecule has 0 spiro atoms. The molecule has 0 saturated carbocycles. The zero-order valence-corrected chi connectivity index (χ0v) is 16.2. The Morgan fingerprint density at radius 2 is 1.61 bits per heavy atom. The van der Waals surface area contributed by atoms with E-state index in [0.717, 1.165) is 43.3 Å². The second-order valence-electron chi connectivity index (χ2n) is 6.17. The van der Waals surface area contributed by atoms with E-state index in [2.05, 4.69) is 15.3 Å². The molecule has 0 aliphatic carbocycles. The highest BCUT2D eigenvalue weighted by atomic mass is 32.2. The van der Waals surface area contributed by atoms with E-state index in [-0.39, 0.29) is 8.82 Å². The van der Waals surface area contributed by atoms with Crippen LogP contribution in [0.2, 0.25) is 0 Å². The van der Waals surface area contributed by atoms with Crippen LogP contribution in [0, 0.1) is 5.82 Å². The molecule has 2 heterocycles. The molecular weight excluding hydrogens is 459 g/mol. The SMILES string of the molecule is CCN(C(c1ccc(F)cc1)C(F)(F)F)S(=O)(=O)c1ccc2nnc(C(F)(F)F)n2n1. The van der Waals surface area contributed by atoms with Crippen LogP contribution in [0.15, 0.2) is 41.4 Å². The normalized spacial score (nSPS) is 14.4. The highest BCUT2D eigenvalue weighted by Gasteiger charge is 2.49. The van der Waals surface area contributed by atoms with Gasteiger partial charge in [0.05, 0.1) is 0 Å². The number of hydrogen-bond acceptors (Lipinski definition) is 5. The lowest BCUT2D eigenvalue weighted by atomic mass is 10.1.